The lowest BCUT2D eigenvalue weighted by molar-refractivity contribution is 1.33. The average molecular weight is 241 g/mol. The minimum absolute atomic E-state index is 1.07. The standard InChI is InChI=1S/C15H19NSi/c1-12-6-5-7-13(10-12)15-9-8-14(11-16-15)17(2,3)4/h5-11H,1-4H3. The molecule has 0 aliphatic heterocycles. The molecule has 0 bridgehead atoms. The van der Waals surface area contributed by atoms with Crippen molar-refractivity contribution in [3.63, 3.8) is 0 Å². The smallest absolute Gasteiger partial charge is 0.0796 e. The predicted molar refractivity (Wildman–Crippen MR) is 77.4 cm³/mol. The third-order valence-corrected chi connectivity index (χ3v) is 4.97. The molecule has 1 nitrogen and oxygen atoms in total. The Kier molecular flexibility index (Phi) is 3.16. The Balaban J connectivity index is 2.36. The molecule has 0 unspecified atom stereocenters. The summed E-state index contributed by atoms with van der Waals surface area (Å²) in [4.78, 5) is 4.59. The van der Waals surface area contributed by atoms with E-state index >= 15 is 0 Å². The van der Waals surface area contributed by atoms with Crippen molar-refractivity contribution in [2.24, 2.45) is 0 Å². The number of pyridine rings is 1. The van der Waals surface area contributed by atoms with Crippen molar-refractivity contribution in [1.82, 2.24) is 4.98 Å². The van der Waals surface area contributed by atoms with Gasteiger partial charge in [0.2, 0.25) is 0 Å². The van der Waals surface area contributed by atoms with Crippen LogP contribution in [-0.2, 0) is 0 Å². The van der Waals surface area contributed by atoms with Crippen LogP contribution >= 0.6 is 0 Å². The molecule has 0 saturated carbocycles. The van der Waals surface area contributed by atoms with E-state index in [1.165, 1.54) is 16.3 Å². The van der Waals surface area contributed by atoms with E-state index in [2.05, 4.69) is 67.9 Å². The van der Waals surface area contributed by atoms with Gasteiger partial charge in [-0.1, -0.05) is 49.5 Å². The van der Waals surface area contributed by atoms with E-state index in [1.54, 1.807) is 0 Å². The highest BCUT2D eigenvalue weighted by Crippen LogP contribution is 2.17. The van der Waals surface area contributed by atoms with Gasteiger partial charge >= 0.3 is 0 Å². The van der Waals surface area contributed by atoms with Gasteiger partial charge in [-0.25, -0.2) is 0 Å². The molecule has 0 aliphatic carbocycles. The molecule has 0 aliphatic rings. The Bertz CT molecular complexity index is 509. The number of hydrogen-bond acceptors (Lipinski definition) is 1. The second-order valence-electron chi connectivity index (χ2n) is 5.55. The summed E-state index contributed by atoms with van der Waals surface area (Å²) < 4.78 is 0. The second-order valence-corrected chi connectivity index (χ2v) is 10.6. The molecular formula is C15H19NSi. The van der Waals surface area contributed by atoms with Gasteiger partial charge in [0, 0.05) is 11.8 Å². The molecule has 2 aromatic rings. The summed E-state index contributed by atoms with van der Waals surface area (Å²) in [5, 5.41) is 1.41. The van der Waals surface area contributed by atoms with Gasteiger partial charge in [0.05, 0.1) is 13.8 Å². The zero-order chi connectivity index (χ0) is 12.5. The first-order valence-corrected chi connectivity index (χ1v) is 9.50. The van der Waals surface area contributed by atoms with E-state index in [-0.39, 0.29) is 0 Å². The molecule has 1 aromatic heterocycles. The third kappa shape index (κ3) is 2.83. The van der Waals surface area contributed by atoms with Crippen molar-refractivity contribution in [3.8, 4) is 11.3 Å². The monoisotopic (exact) mass is 241 g/mol. The van der Waals surface area contributed by atoms with Gasteiger partial charge in [-0.05, 0) is 24.2 Å². The number of benzene rings is 1. The minimum Gasteiger partial charge on any atom is -0.256 e. The minimum atomic E-state index is -1.23. The molecule has 2 rings (SSSR count). The van der Waals surface area contributed by atoms with Crippen LogP contribution < -0.4 is 5.19 Å². The number of rotatable bonds is 2. The van der Waals surface area contributed by atoms with Crippen LogP contribution in [-0.4, -0.2) is 13.1 Å². The van der Waals surface area contributed by atoms with Gasteiger partial charge in [0.1, 0.15) is 0 Å². The van der Waals surface area contributed by atoms with Crippen LogP contribution in [0.25, 0.3) is 11.3 Å². The quantitative estimate of drug-likeness (QED) is 0.732. The van der Waals surface area contributed by atoms with Gasteiger partial charge in [-0.15, -0.1) is 0 Å². The largest absolute Gasteiger partial charge is 0.256 e. The molecule has 2 heteroatoms. The molecule has 1 heterocycles. The topological polar surface area (TPSA) is 12.9 Å². The molecular weight excluding hydrogens is 222 g/mol. The lowest BCUT2D eigenvalue weighted by Gasteiger charge is -2.16. The van der Waals surface area contributed by atoms with Crippen molar-refractivity contribution in [2.45, 2.75) is 26.6 Å². The lowest BCUT2D eigenvalue weighted by Crippen LogP contribution is -2.37. The van der Waals surface area contributed by atoms with Crippen LogP contribution in [0.4, 0.5) is 0 Å². The fourth-order valence-corrected chi connectivity index (χ4v) is 2.85. The van der Waals surface area contributed by atoms with Crippen LogP contribution in [0.3, 0.4) is 0 Å². The summed E-state index contributed by atoms with van der Waals surface area (Å²) in [5.41, 5.74) is 3.54. The highest BCUT2D eigenvalue weighted by molar-refractivity contribution is 6.88. The normalized spacial score (nSPS) is 11.5. The highest BCUT2D eigenvalue weighted by Gasteiger charge is 2.16. The number of aryl methyl sites for hydroxylation is 1. The van der Waals surface area contributed by atoms with Crippen LogP contribution in [0.15, 0.2) is 42.6 Å². The van der Waals surface area contributed by atoms with Gasteiger partial charge in [0.15, 0.2) is 0 Å². The Hall–Kier alpha value is -1.41. The fourth-order valence-electron chi connectivity index (χ4n) is 1.81. The van der Waals surface area contributed by atoms with E-state index in [1.807, 2.05) is 6.20 Å². The molecule has 0 fully saturated rings. The Morgan fingerprint density at radius 2 is 1.76 bits per heavy atom. The lowest BCUT2D eigenvalue weighted by atomic mass is 10.1. The molecule has 0 radical (unpaired) electrons. The summed E-state index contributed by atoms with van der Waals surface area (Å²) >= 11 is 0. The number of aromatic nitrogens is 1. The number of nitrogens with zero attached hydrogens (tertiary/aromatic N) is 1. The maximum absolute atomic E-state index is 4.59. The van der Waals surface area contributed by atoms with E-state index in [0.29, 0.717) is 0 Å². The predicted octanol–water partition coefficient (Wildman–Crippen LogP) is 3.60. The van der Waals surface area contributed by atoms with Crippen molar-refractivity contribution < 1.29 is 0 Å². The van der Waals surface area contributed by atoms with Gasteiger partial charge in [-0.2, -0.15) is 0 Å². The zero-order valence-corrected chi connectivity index (χ0v) is 12.0. The molecule has 0 spiro atoms. The molecule has 0 saturated heterocycles. The first kappa shape index (κ1) is 12.1. The second kappa shape index (κ2) is 4.45. The SMILES string of the molecule is Cc1cccc(-c2ccc([Si](C)(C)C)cn2)c1. The number of hydrogen-bond donors (Lipinski definition) is 0. The van der Waals surface area contributed by atoms with Gasteiger partial charge < -0.3 is 0 Å². The average Bonchev–Trinajstić information content (AvgIpc) is 2.28. The Morgan fingerprint density at radius 1 is 1.00 bits per heavy atom. The van der Waals surface area contributed by atoms with Crippen LogP contribution in [0.5, 0.6) is 0 Å². The molecule has 0 N–H and O–H groups in total. The molecule has 88 valence electrons. The Labute approximate surface area is 105 Å². The van der Waals surface area contributed by atoms with Crippen molar-refractivity contribution >= 4 is 13.3 Å². The maximum atomic E-state index is 4.59. The third-order valence-electron chi connectivity index (χ3n) is 2.94. The van der Waals surface area contributed by atoms with Gasteiger partial charge in [-0.3, -0.25) is 4.98 Å². The van der Waals surface area contributed by atoms with Gasteiger partial charge in [0.25, 0.3) is 0 Å². The maximum Gasteiger partial charge on any atom is 0.0796 e. The van der Waals surface area contributed by atoms with E-state index in [0.717, 1.165) is 5.69 Å². The molecule has 17 heavy (non-hydrogen) atoms. The fraction of sp³-hybridized carbons (Fsp3) is 0.267. The summed E-state index contributed by atoms with van der Waals surface area (Å²) in [5.74, 6) is 0. The van der Waals surface area contributed by atoms with Crippen LogP contribution in [0.2, 0.25) is 19.6 Å². The summed E-state index contributed by atoms with van der Waals surface area (Å²) in [6.45, 7) is 9.14. The summed E-state index contributed by atoms with van der Waals surface area (Å²) in [7, 11) is -1.23. The summed E-state index contributed by atoms with van der Waals surface area (Å²) in [6.07, 6.45) is 2.05. The van der Waals surface area contributed by atoms with Crippen molar-refractivity contribution in [3.05, 3.63) is 48.2 Å². The molecule has 0 amide bonds. The summed E-state index contributed by atoms with van der Waals surface area (Å²) in [6, 6.07) is 12.9. The first-order chi connectivity index (χ1) is 7.97. The first-order valence-electron chi connectivity index (χ1n) is 6.00. The van der Waals surface area contributed by atoms with Crippen LogP contribution in [0.1, 0.15) is 5.56 Å². The van der Waals surface area contributed by atoms with E-state index in [9.17, 15) is 0 Å². The van der Waals surface area contributed by atoms with E-state index in [4.69, 9.17) is 0 Å². The highest BCUT2D eigenvalue weighted by atomic mass is 28.3. The van der Waals surface area contributed by atoms with Crippen LogP contribution in [0, 0.1) is 6.92 Å². The Morgan fingerprint density at radius 3 is 2.29 bits per heavy atom. The van der Waals surface area contributed by atoms with E-state index < -0.39 is 8.07 Å². The van der Waals surface area contributed by atoms with Crippen molar-refractivity contribution in [2.75, 3.05) is 0 Å². The molecule has 1 aromatic carbocycles. The zero-order valence-electron chi connectivity index (χ0n) is 11.0. The molecule has 0 atom stereocenters. The van der Waals surface area contributed by atoms with Crippen molar-refractivity contribution in [1.29, 1.82) is 0 Å².